The van der Waals surface area contributed by atoms with Crippen molar-refractivity contribution in [2.45, 2.75) is 6.42 Å². The SMILES string of the molecule is NC(=S)CCN1C(=O)CNC1=O. The molecule has 3 N–H and O–H groups in total. The van der Waals surface area contributed by atoms with E-state index in [0.717, 1.165) is 4.90 Å². The molecule has 0 atom stereocenters. The van der Waals surface area contributed by atoms with Crippen molar-refractivity contribution in [3.63, 3.8) is 0 Å². The highest BCUT2D eigenvalue weighted by atomic mass is 32.1. The monoisotopic (exact) mass is 187 g/mol. The molecule has 1 rings (SSSR count). The number of amides is 3. The number of carbonyl (C=O) groups excluding carboxylic acids is 2. The van der Waals surface area contributed by atoms with Crippen molar-refractivity contribution >= 4 is 29.1 Å². The van der Waals surface area contributed by atoms with Crippen LogP contribution in [-0.4, -0.2) is 34.9 Å². The molecule has 0 radical (unpaired) electrons. The number of urea groups is 1. The Labute approximate surface area is 74.9 Å². The molecule has 0 aromatic heterocycles. The van der Waals surface area contributed by atoms with Gasteiger partial charge in [0.25, 0.3) is 0 Å². The van der Waals surface area contributed by atoms with Gasteiger partial charge in [-0.05, 0) is 0 Å². The molecule has 12 heavy (non-hydrogen) atoms. The molecule has 0 saturated carbocycles. The lowest BCUT2D eigenvalue weighted by Gasteiger charge is -2.10. The zero-order chi connectivity index (χ0) is 9.14. The maximum absolute atomic E-state index is 11.0. The molecule has 0 unspecified atom stereocenters. The smallest absolute Gasteiger partial charge is 0.324 e. The van der Waals surface area contributed by atoms with Crippen LogP contribution in [0.2, 0.25) is 0 Å². The molecule has 1 aliphatic rings. The maximum Gasteiger partial charge on any atom is 0.324 e. The molecule has 0 aromatic rings. The minimum Gasteiger partial charge on any atom is -0.393 e. The minimum absolute atomic E-state index is 0.0795. The second-order valence-electron chi connectivity index (χ2n) is 2.42. The Morgan fingerprint density at radius 2 is 2.33 bits per heavy atom. The summed E-state index contributed by atoms with van der Waals surface area (Å²) in [5.41, 5.74) is 5.22. The summed E-state index contributed by atoms with van der Waals surface area (Å²) >= 11 is 4.62. The summed E-state index contributed by atoms with van der Waals surface area (Å²) in [6, 6.07) is -0.365. The van der Waals surface area contributed by atoms with Gasteiger partial charge in [-0.2, -0.15) is 0 Å². The van der Waals surface area contributed by atoms with E-state index in [1.165, 1.54) is 0 Å². The van der Waals surface area contributed by atoms with Crippen molar-refractivity contribution in [2.75, 3.05) is 13.1 Å². The molecule has 6 heteroatoms. The Morgan fingerprint density at radius 3 is 2.75 bits per heavy atom. The molecule has 3 amide bonds. The van der Waals surface area contributed by atoms with Gasteiger partial charge in [0.1, 0.15) is 0 Å². The van der Waals surface area contributed by atoms with Crippen LogP contribution in [0.5, 0.6) is 0 Å². The predicted octanol–water partition coefficient (Wildman–Crippen LogP) is -0.786. The number of hydrogen-bond acceptors (Lipinski definition) is 3. The van der Waals surface area contributed by atoms with Crippen LogP contribution < -0.4 is 11.1 Å². The summed E-state index contributed by atoms with van der Waals surface area (Å²) in [6.07, 6.45) is 0.383. The Morgan fingerprint density at radius 1 is 1.67 bits per heavy atom. The van der Waals surface area contributed by atoms with E-state index < -0.39 is 0 Å². The van der Waals surface area contributed by atoms with Gasteiger partial charge < -0.3 is 11.1 Å². The number of carbonyl (C=O) groups is 2. The van der Waals surface area contributed by atoms with Gasteiger partial charge in [0.05, 0.1) is 11.5 Å². The van der Waals surface area contributed by atoms with Crippen molar-refractivity contribution in [3.05, 3.63) is 0 Å². The van der Waals surface area contributed by atoms with Crippen LogP contribution in [-0.2, 0) is 4.79 Å². The first-order valence-corrected chi connectivity index (χ1v) is 3.88. The number of nitrogens with zero attached hydrogens (tertiary/aromatic N) is 1. The van der Waals surface area contributed by atoms with Crippen molar-refractivity contribution in [1.29, 1.82) is 0 Å². The highest BCUT2D eigenvalue weighted by Gasteiger charge is 2.27. The van der Waals surface area contributed by atoms with Crippen molar-refractivity contribution < 1.29 is 9.59 Å². The number of imide groups is 1. The number of nitrogens with one attached hydrogen (secondary N) is 1. The fourth-order valence-electron chi connectivity index (χ4n) is 0.904. The zero-order valence-corrected chi connectivity index (χ0v) is 7.19. The van der Waals surface area contributed by atoms with E-state index in [9.17, 15) is 9.59 Å². The lowest BCUT2D eigenvalue weighted by molar-refractivity contribution is -0.124. The van der Waals surface area contributed by atoms with Crippen molar-refractivity contribution in [3.8, 4) is 0 Å². The van der Waals surface area contributed by atoms with Gasteiger partial charge in [0, 0.05) is 13.0 Å². The minimum atomic E-state index is -0.365. The molecule has 0 aromatic carbocycles. The van der Waals surface area contributed by atoms with E-state index >= 15 is 0 Å². The van der Waals surface area contributed by atoms with Crippen molar-refractivity contribution in [1.82, 2.24) is 10.2 Å². The van der Waals surface area contributed by atoms with Crippen LogP contribution in [0.1, 0.15) is 6.42 Å². The summed E-state index contributed by atoms with van der Waals surface area (Å²) in [5, 5.41) is 2.40. The van der Waals surface area contributed by atoms with E-state index in [1.807, 2.05) is 0 Å². The predicted molar refractivity (Wildman–Crippen MR) is 46.5 cm³/mol. The third-order valence-electron chi connectivity index (χ3n) is 1.52. The van der Waals surface area contributed by atoms with Gasteiger partial charge in [-0.15, -0.1) is 0 Å². The van der Waals surface area contributed by atoms with Gasteiger partial charge in [-0.1, -0.05) is 12.2 Å². The van der Waals surface area contributed by atoms with Crippen LogP contribution >= 0.6 is 12.2 Å². The lowest BCUT2D eigenvalue weighted by Crippen LogP contribution is -2.33. The quantitative estimate of drug-likeness (QED) is 0.448. The average Bonchev–Trinajstić information content (AvgIpc) is 2.28. The molecule has 5 nitrogen and oxygen atoms in total. The fraction of sp³-hybridized carbons (Fsp3) is 0.500. The van der Waals surface area contributed by atoms with Crippen LogP contribution in [0.4, 0.5) is 4.79 Å². The lowest BCUT2D eigenvalue weighted by atomic mass is 10.4. The number of hydrogen-bond donors (Lipinski definition) is 2. The highest BCUT2D eigenvalue weighted by Crippen LogP contribution is 1.99. The Bertz CT molecular complexity index is 225. The molecule has 0 bridgehead atoms. The van der Waals surface area contributed by atoms with E-state index in [0.29, 0.717) is 11.4 Å². The first kappa shape index (κ1) is 8.92. The van der Waals surface area contributed by atoms with E-state index in [2.05, 4.69) is 17.5 Å². The summed E-state index contributed by atoms with van der Waals surface area (Å²) in [6.45, 7) is 0.357. The van der Waals surface area contributed by atoms with Crippen molar-refractivity contribution in [2.24, 2.45) is 5.73 Å². The molecule has 1 fully saturated rings. The average molecular weight is 187 g/mol. The number of rotatable bonds is 3. The number of thiocarbonyl (C=S) groups is 1. The fourth-order valence-corrected chi connectivity index (χ4v) is 0.995. The third kappa shape index (κ3) is 1.91. The van der Waals surface area contributed by atoms with Crippen LogP contribution in [0.15, 0.2) is 0 Å². The van der Waals surface area contributed by atoms with Crippen LogP contribution in [0.3, 0.4) is 0 Å². The molecule has 0 aliphatic carbocycles. The standard InChI is InChI=1S/C6H9N3O2S/c7-4(12)1-2-9-5(10)3-8-6(9)11/h1-3H2,(H2,7,12)(H,8,11). The second-order valence-corrected chi connectivity index (χ2v) is 2.94. The molecular formula is C6H9N3O2S. The van der Waals surface area contributed by atoms with E-state index in [4.69, 9.17) is 5.73 Å². The normalized spacial score (nSPS) is 16.5. The highest BCUT2D eigenvalue weighted by molar-refractivity contribution is 7.80. The van der Waals surface area contributed by atoms with Gasteiger partial charge in [-0.3, -0.25) is 9.69 Å². The zero-order valence-electron chi connectivity index (χ0n) is 6.37. The first-order valence-electron chi connectivity index (χ1n) is 3.48. The Kier molecular flexibility index (Phi) is 2.59. The summed E-state index contributed by atoms with van der Waals surface area (Å²) in [4.78, 5) is 23.3. The Hall–Kier alpha value is -1.17. The Balaban J connectivity index is 2.45. The first-order chi connectivity index (χ1) is 5.61. The topological polar surface area (TPSA) is 75.4 Å². The molecule has 66 valence electrons. The molecule has 1 saturated heterocycles. The maximum atomic E-state index is 11.0. The summed E-state index contributed by atoms with van der Waals surface area (Å²) in [7, 11) is 0. The summed E-state index contributed by atoms with van der Waals surface area (Å²) < 4.78 is 0. The van der Waals surface area contributed by atoms with Gasteiger partial charge in [0.15, 0.2) is 0 Å². The van der Waals surface area contributed by atoms with Crippen LogP contribution in [0, 0.1) is 0 Å². The van der Waals surface area contributed by atoms with Crippen LogP contribution in [0.25, 0.3) is 0 Å². The van der Waals surface area contributed by atoms with E-state index in [1.54, 1.807) is 0 Å². The van der Waals surface area contributed by atoms with Gasteiger partial charge in [-0.25, -0.2) is 4.79 Å². The summed E-state index contributed by atoms with van der Waals surface area (Å²) in [5.74, 6) is -0.226. The molecular weight excluding hydrogens is 178 g/mol. The van der Waals surface area contributed by atoms with Gasteiger partial charge >= 0.3 is 6.03 Å². The molecule has 0 spiro atoms. The third-order valence-corrected chi connectivity index (χ3v) is 1.72. The van der Waals surface area contributed by atoms with E-state index in [-0.39, 0.29) is 25.0 Å². The number of nitrogens with two attached hydrogens (primary N) is 1. The van der Waals surface area contributed by atoms with Gasteiger partial charge in [0.2, 0.25) is 5.91 Å². The second kappa shape index (κ2) is 3.48. The largest absolute Gasteiger partial charge is 0.393 e. The molecule has 1 heterocycles. The molecule has 1 aliphatic heterocycles.